The molecule has 2 heterocycles. The molecule has 1 unspecified atom stereocenters. The van der Waals surface area contributed by atoms with Gasteiger partial charge in [-0.2, -0.15) is 0 Å². The van der Waals surface area contributed by atoms with Crippen molar-refractivity contribution < 1.29 is 9.53 Å². The molecule has 1 aliphatic heterocycles. The highest BCUT2D eigenvalue weighted by molar-refractivity contribution is 7.17. The van der Waals surface area contributed by atoms with E-state index in [-0.39, 0.29) is 12.0 Å². The maximum Gasteiger partial charge on any atom is 0.285 e. The van der Waals surface area contributed by atoms with E-state index in [0.717, 1.165) is 19.4 Å². The zero-order valence-electron chi connectivity index (χ0n) is 11.4. The molecular formula is C12H20N4O2S. The van der Waals surface area contributed by atoms with E-state index in [1.807, 2.05) is 4.90 Å². The van der Waals surface area contributed by atoms with Gasteiger partial charge in [0.2, 0.25) is 10.1 Å². The van der Waals surface area contributed by atoms with Gasteiger partial charge in [-0.1, -0.05) is 25.2 Å². The first-order valence-electron chi connectivity index (χ1n) is 6.72. The van der Waals surface area contributed by atoms with Crippen LogP contribution in [0.15, 0.2) is 0 Å². The zero-order chi connectivity index (χ0) is 13.7. The van der Waals surface area contributed by atoms with Crippen molar-refractivity contribution in [2.45, 2.75) is 32.8 Å². The average molecular weight is 284 g/mol. The minimum atomic E-state index is -0.0381. The number of morpholine rings is 1. The Morgan fingerprint density at radius 2 is 2.37 bits per heavy atom. The Bertz CT molecular complexity index is 424. The number of rotatable bonds is 5. The summed E-state index contributed by atoms with van der Waals surface area (Å²) >= 11 is 1.32. The van der Waals surface area contributed by atoms with Crippen molar-refractivity contribution in [3.8, 4) is 0 Å². The van der Waals surface area contributed by atoms with Crippen LogP contribution in [-0.4, -0.2) is 53.3 Å². The van der Waals surface area contributed by atoms with Gasteiger partial charge in [0.1, 0.15) is 0 Å². The second kappa shape index (κ2) is 6.81. The summed E-state index contributed by atoms with van der Waals surface area (Å²) in [5, 5.41) is 12.3. The number of carbonyl (C=O) groups is 1. The van der Waals surface area contributed by atoms with Crippen molar-refractivity contribution in [2.24, 2.45) is 0 Å². The summed E-state index contributed by atoms with van der Waals surface area (Å²) in [6.07, 6.45) is 2.08. The molecule has 19 heavy (non-hydrogen) atoms. The number of aromatic nitrogens is 2. The number of hydrogen-bond donors (Lipinski definition) is 1. The number of amides is 1. The van der Waals surface area contributed by atoms with E-state index < -0.39 is 0 Å². The molecule has 7 heteroatoms. The molecule has 6 nitrogen and oxygen atoms in total. The third-order valence-corrected chi connectivity index (χ3v) is 3.88. The first-order valence-corrected chi connectivity index (χ1v) is 7.54. The second-order valence-corrected chi connectivity index (χ2v) is 5.47. The number of hydrogen-bond acceptors (Lipinski definition) is 6. The van der Waals surface area contributed by atoms with Crippen molar-refractivity contribution in [3.05, 3.63) is 5.01 Å². The number of nitrogens with zero attached hydrogens (tertiary/aromatic N) is 3. The van der Waals surface area contributed by atoms with E-state index in [1.54, 1.807) is 0 Å². The lowest BCUT2D eigenvalue weighted by Gasteiger charge is -2.31. The van der Waals surface area contributed by atoms with Crippen LogP contribution in [0.3, 0.4) is 0 Å². The Labute approximate surface area is 117 Å². The Kier molecular flexibility index (Phi) is 5.09. The van der Waals surface area contributed by atoms with E-state index in [4.69, 9.17) is 4.74 Å². The predicted molar refractivity (Wildman–Crippen MR) is 74.6 cm³/mol. The van der Waals surface area contributed by atoms with Gasteiger partial charge in [-0.3, -0.25) is 4.79 Å². The molecule has 2 rings (SSSR count). The smallest absolute Gasteiger partial charge is 0.285 e. The monoisotopic (exact) mass is 284 g/mol. The van der Waals surface area contributed by atoms with Crippen molar-refractivity contribution in [1.29, 1.82) is 0 Å². The van der Waals surface area contributed by atoms with Crippen LogP contribution in [0.4, 0.5) is 5.13 Å². The standard InChI is InChI=1S/C12H20N4O2S/c1-3-5-13-12-15-14-10(19-12)11(17)16-6-7-18-9(4-2)8-16/h9H,3-8H2,1-2H3,(H,13,15). The normalized spacial score (nSPS) is 19.5. The van der Waals surface area contributed by atoms with Crippen LogP contribution in [0.2, 0.25) is 0 Å². The first kappa shape index (κ1) is 14.2. The topological polar surface area (TPSA) is 67.4 Å². The Morgan fingerprint density at radius 1 is 1.53 bits per heavy atom. The van der Waals surface area contributed by atoms with Crippen LogP contribution < -0.4 is 5.32 Å². The molecule has 0 aromatic carbocycles. The minimum Gasteiger partial charge on any atom is -0.375 e. The highest BCUT2D eigenvalue weighted by atomic mass is 32.1. The molecule has 1 amide bonds. The molecule has 0 saturated carbocycles. The Morgan fingerprint density at radius 3 is 3.11 bits per heavy atom. The fourth-order valence-electron chi connectivity index (χ4n) is 1.90. The van der Waals surface area contributed by atoms with E-state index in [1.165, 1.54) is 11.3 Å². The molecule has 0 aliphatic carbocycles. The Balaban J connectivity index is 1.96. The number of nitrogens with one attached hydrogen (secondary N) is 1. The fraction of sp³-hybridized carbons (Fsp3) is 0.750. The van der Waals surface area contributed by atoms with Crippen molar-refractivity contribution >= 4 is 22.4 Å². The lowest BCUT2D eigenvalue weighted by Crippen LogP contribution is -2.45. The Hall–Kier alpha value is -1.21. The number of anilines is 1. The van der Waals surface area contributed by atoms with Crippen LogP contribution in [0.1, 0.15) is 36.5 Å². The molecule has 1 aromatic rings. The first-order chi connectivity index (χ1) is 9.24. The van der Waals surface area contributed by atoms with Gasteiger partial charge < -0.3 is 15.0 Å². The van der Waals surface area contributed by atoms with E-state index in [2.05, 4.69) is 29.4 Å². The van der Waals surface area contributed by atoms with Gasteiger partial charge in [0.15, 0.2) is 0 Å². The van der Waals surface area contributed by atoms with Gasteiger partial charge >= 0.3 is 0 Å². The molecule has 1 fully saturated rings. The fourth-order valence-corrected chi connectivity index (χ4v) is 2.64. The summed E-state index contributed by atoms with van der Waals surface area (Å²) in [4.78, 5) is 14.1. The summed E-state index contributed by atoms with van der Waals surface area (Å²) < 4.78 is 5.56. The van der Waals surface area contributed by atoms with Gasteiger partial charge in [0.25, 0.3) is 5.91 Å². The predicted octanol–water partition coefficient (Wildman–Crippen LogP) is 1.61. The van der Waals surface area contributed by atoms with Gasteiger partial charge in [-0.05, 0) is 12.8 Å². The van der Waals surface area contributed by atoms with Crippen LogP contribution in [0, 0.1) is 0 Å². The van der Waals surface area contributed by atoms with E-state index >= 15 is 0 Å². The maximum absolute atomic E-state index is 12.3. The molecule has 0 bridgehead atoms. The molecular weight excluding hydrogens is 264 g/mol. The van der Waals surface area contributed by atoms with Gasteiger partial charge in [-0.25, -0.2) is 0 Å². The van der Waals surface area contributed by atoms with Crippen LogP contribution >= 0.6 is 11.3 Å². The third-order valence-electron chi connectivity index (χ3n) is 3.02. The molecule has 1 aliphatic rings. The zero-order valence-corrected chi connectivity index (χ0v) is 12.2. The lowest BCUT2D eigenvalue weighted by molar-refractivity contribution is -0.0226. The molecule has 1 N–H and O–H groups in total. The molecule has 0 radical (unpaired) electrons. The van der Waals surface area contributed by atoms with Crippen molar-refractivity contribution in [2.75, 3.05) is 31.6 Å². The molecule has 1 atom stereocenters. The lowest BCUT2D eigenvalue weighted by atomic mass is 10.2. The SMILES string of the molecule is CCCNc1nnc(C(=O)N2CCOC(CC)C2)s1. The number of ether oxygens (including phenoxy) is 1. The van der Waals surface area contributed by atoms with Gasteiger partial charge in [-0.15, -0.1) is 10.2 Å². The number of carbonyl (C=O) groups excluding carboxylic acids is 1. The van der Waals surface area contributed by atoms with Crippen LogP contribution in [0.25, 0.3) is 0 Å². The quantitative estimate of drug-likeness (QED) is 0.889. The molecule has 1 aromatic heterocycles. The second-order valence-electron chi connectivity index (χ2n) is 4.49. The summed E-state index contributed by atoms with van der Waals surface area (Å²) in [5.41, 5.74) is 0. The molecule has 106 valence electrons. The summed E-state index contributed by atoms with van der Waals surface area (Å²) in [7, 11) is 0. The minimum absolute atomic E-state index is 0.0381. The summed E-state index contributed by atoms with van der Waals surface area (Å²) in [5.74, 6) is -0.0381. The molecule has 1 saturated heterocycles. The highest BCUT2D eigenvalue weighted by Gasteiger charge is 2.26. The maximum atomic E-state index is 12.3. The summed E-state index contributed by atoms with van der Waals surface area (Å²) in [6, 6.07) is 0. The van der Waals surface area contributed by atoms with Crippen molar-refractivity contribution in [1.82, 2.24) is 15.1 Å². The van der Waals surface area contributed by atoms with Crippen molar-refractivity contribution in [3.63, 3.8) is 0 Å². The third kappa shape index (κ3) is 3.63. The van der Waals surface area contributed by atoms with E-state index in [0.29, 0.717) is 29.8 Å². The highest BCUT2D eigenvalue weighted by Crippen LogP contribution is 2.18. The summed E-state index contributed by atoms with van der Waals surface area (Å²) in [6.45, 7) is 6.87. The van der Waals surface area contributed by atoms with E-state index in [9.17, 15) is 4.79 Å². The van der Waals surface area contributed by atoms with Crippen LogP contribution in [0.5, 0.6) is 0 Å². The largest absolute Gasteiger partial charge is 0.375 e. The van der Waals surface area contributed by atoms with Gasteiger partial charge in [0.05, 0.1) is 12.7 Å². The van der Waals surface area contributed by atoms with Crippen LogP contribution in [-0.2, 0) is 4.74 Å². The average Bonchev–Trinajstić information content (AvgIpc) is 2.93. The van der Waals surface area contributed by atoms with Gasteiger partial charge in [0, 0.05) is 19.6 Å². The molecule has 0 spiro atoms.